The second kappa shape index (κ2) is 6.82. The lowest BCUT2D eigenvalue weighted by Gasteiger charge is -2.25. The lowest BCUT2D eigenvalue weighted by molar-refractivity contribution is -0.137. The van der Waals surface area contributed by atoms with Crippen molar-refractivity contribution in [2.75, 3.05) is 13.1 Å². The molecular formula is C19H23NO2. The van der Waals surface area contributed by atoms with Crippen LogP contribution in [0.3, 0.4) is 0 Å². The molecule has 0 aliphatic carbocycles. The molecule has 1 fully saturated rings. The van der Waals surface area contributed by atoms with E-state index >= 15 is 0 Å². The Bertz CT molecular complexity index is 639. The van der Waals surface area contributed by atoms with E-state index in [1.807, 2.05) is 42.2 Å². The van der Waals surface area contributed by atoms with Gasteiger partial charge in [0.05, 0.1) is 0 Å². The van der Waals surface area contributed by atoms with E-state index in [0.717, 1.165) is 42.5 Å². The van der Waals surface area contributed by atoms with E-state index in [0.29, 0.717) is 0 Å². The Balaban J connectivity index is 1.74. The molecule has 1 aliphatic heterocycles. The number of nitrogens with zero attached hydrogens (tertiary/aromatic N) is 1. The monoisotopic (exact) mass is 297 g/mol. The minimum Gasteiger partial charge on any atom is -0.480 e. The minimum absolute atomic E-state index is 0.106. The minimum atomic E-state index is -0.441. The molecule has 1 aliphatic rings. The summed E-state index contributed by atoms with van der Waals surface area (Å²) in [6.45, 7) is 3.58. The third kappa shape index (κ3) is 3.24. The molecule has 3 rings (SSSR count). The van der Waals surface area contributed by atoms with E-state index in [4.69, 9.17) is 4.74 Å². The van der Waals surface area contributed by atoms with E-state index in [-0.39, 0.29) is 5.91 Å². The zero-order valence-electron chi connectivity index (χ0n) is 13.1. The van der Waals surface area contributed by atoms with Crippen LogP contribution in [-0.2, 0) is 4.79 Å². The van der Waals surface area contributed by atoms with Crippen LogP contribution in [0.4, 0.5) is 0 Å². The number of amides is 1. The van der Waals surface area contributed by atoms with E-state index in [2.05, 4.69) is 12.1 Å². The number of hydrogen-bond acceptors (Lipinski definition) is 2. The molecule has 1 unspecified atom stereocenters. The maximum atomic E-state index is 12.6. The molecular weight excluding hydrogens is 274 g/mol. The van der Waals surface area contributed by atoms with Crippen molar-refractivity contribution in [3.63, 3.8) is 0 Å². The smallest absolute Gasteiger partial charge is 0.263 e. The van der Waals surface area contributed by atoms with Crippen LogP contribution < -0.4 is 4.74 Å². The van der Waals surface area contributed by atoms with Crippen LogP contribution in [0.5, 0.6) is 5.75 Å². The molecule has 0 bridgehead atoms. The first-order valence-corrected chi connectivity index (χ1v) is 8.19. The highest BCUT2D eigenvalue weighted by Crippen LogP contribution is 2.26. The van der Waals surface area contributed by atoms with Gasteiger partial charge in [0.15, 0.2) is 6.10 Å². The van der Waals surface area contributed by atoms with Gasteiger partial charge in [0.25, 0.3) is 5.91 Å². The molecule has 2 aromatic rings. The summed E-state index contributed by atoms with van der Waals surface area (Å²) in [5.41, 5.74) is 0. The maximum absolute atomic E-state index is 12.6. The van der Waals surface area contributed by atoms with Gasteiger partial charge in [0, 0.05) is 18.5 Å². The maximum Gasteiger partial charge on any atom is 0.263 e. The lowest BCUT2D eigenvalue weighted by atomic mass is 10.1. The number of carbonyl (C=O) groups excluding carboxylic acids is 1. The van der Waals surface area contributed by atoms with Gasteiger partial charge in [-0.2, -0.15) is 0 Å². The number of carbonyl (C=O) groups is 1. The largest absolute Gasteiger partial charge is 0.480 e. The fourth-order valence-corrected chi connectivity index (χ4v) is 3.09. The quantitative estimate of drug-likeness (QED) is 0.856. The fraction of sp³-hybridized carbons (Fsp3) is 0.421. The van der Waals surface area contributed by atoms with Crippen molar-refractivity contribution < 1.29 is 9.53 Å². The third-order valence-corrected chi connectivity index (χ3v) is 4.32. The number of benzene rings is 2. The molecule has 116 valence electrons. The van der Waals surface area contributed by atoms with Crippen molar-refractivity contribution in [3.8, 4) is 5.75 Å². The van der Waals surface area contributed by atoms with Crippen molar-refractivity contribution in [1.29, 1.82) is 0 Å². The lowest BCUT2D eigenvalue weighted by Crippen LogP contribution is -2.41. The summed E-state index contributed by atoms with van der Waals surface area (Å²) in [5.74, 6) is 0.892. The Labute approximate surface area is 131 Å². The Morgan fingerprint density at radius 3 is 2.45 bits per heavy atom. The number of likely N-dealkylation sites (tertiary alicyclic amines) is 1. The van der Waals surface area contributed by atoms with Gasteiger partial charge in [-0.3, -0.25) is 4.79 Å². The second-order valence-corrected chi connectivity index (χ2v) is 5.98. The van der Waals surface area contributed by atoms with Crippen LogP contribution in [0, 0.1) is 0 Å². The standard InChI is InChI=1S/C19H23NO2/c1-15(19(21)20-13-6-2-3-7-14-20)22-18-12-8-10-16-9-4-5-11-17(16)18/h4-5,8-12,15H,2-3,6-7,13-14H2,1H3. The topological polar surface area (TPSA) is 29.5 Å². The average molecular weight is 297 g/mol. The molecule has 2 aromatic carbocycles. The second-order valence-electron chi connectivity index (χ2n) is 5.98. The predicted octanol–water partition coefficient (Wildman–Crippen LogP) is 4.01. The number of fused-ring (bicyclic) bond motifs is 1. The van der Waals surface area contributed by atoms with Gasteiger partial charge in [-0.1, -0.05) is 49.2 Å². The van der Waals surface area contributed by atoms with E-state index in [1.54, 1.807) is 0 Å². The Hall–Kier alpha value is -2.03. The van der Waals surface area contributed by atoms with Crippen LogP contribution in [0.15, 0.2) is 42.5 Å². The van der Waals surface area contributed by atoms with Gasteiger partial charge in [-0.25, -0.2) is 0 Å². The molecule has 0 aromatic heterocycles. The van der Waals surface area contributed by atoms with Gasteiger partial charge in [0.2, 0.25) is 0 Å². The highest BCUT2D eigenvalue weighted by atomic mass is 16.5. The summed E-state index contributed by atoms with van der Waals surface area (Å²) in [5, 5.41) is 2.19. The normalized spacial score (nSPS) is 17.0. The molecule has 1 heterocycles. The molecule has 0 spiro atoms. The molecule has 0 N–H and O–H groups in total. The first kappa shape index (κ1) is 14.9. The van der Waals surface area contributed by atoms with Gasteiger partial charge in [-0.15, -0.1) is 0 Å². The highest BCUT2D eigenvalue weighted by molar-refractivity contribution is 5.89. The van der Waals surface area contributed by atoms with Crippen molar-refractivity contribution in [1.82, 2.24) is 4.90 Å². The predicted molar refractivity (Wildman–Crippen MR) is 89.1 cm³/mol. The number of ether oxygens (including phenoxy) is 1. The SMILES string of the molecule is CC(Oc1cccc2ccccc12)C(=O)N1CCCCCC1. The summed E-state index contributed by atoms with van der Waals surface area (Å²) in [4.78, 5) is 14.6. The summed E-state index contributed by atoms with van der Waals surface area (Å²) in [6, 6.07) is 14.1. The molecule has 3 heteroatoms. The van der Waals surface area contributed by atoms with Crippen LogP contribution in [0.1, 0.15) is 32.6 Å². The third-order valence-electron chi connectivity index (χ3n) is 4.32. The average Bonchev–Trinajstić information content (AvgIpc) is 2.83. The van der Waals surface area contributed by atoms with Crippen LogP contribution in [0.25, 0.3) is 10.8 Å². The number of hydrogen-bond donors (Lipinski definition) is 0. The van der Waals surface area contributed by atoms with Gasteiger partial charge in [-0.05, 0) is 31.2 Å². The zero-order chi connectivity index (χ0) is 15.4. The molecule has 1 atom stereocenters. The Kier molecular flexibility index (Phi) is 4.62. The van der Waals surface area contributed by atoms with Crippen molar-refractivity contribution in [2.24, 2.45) is 0 Å². The molecule has 3 nitrogen and oxygen atoms in total. The Morgan fingerprint density at radius 2 is 1.68 bits per heavy atom. The summed E-state index contributed by atoms with van der Waals surface area (Å²) in [6.07, 6.45) is 4.22. The molecule has 1 saturated heterocycles. The molecule has 22 heavy (non-hydrogen) atoms. The fourth-order valence-electron chi connectivity index (χ4n) is 3.09. The van der Waals surface area contributed by atoms with Crippen molar-refractivity contribution >= 4 is 16.7 Å². The van der Waals surface area contributed by atoms with E-state index < -0.39 is 6.10 Å². The Morgan fingerprint density at radius 1 is 1.00 bits per heavy atom. The summed E-state index contributed by atoms with van der Waals surface area (Å²) in [7, 11) is 0. The highest BCUT2D eigenvalue weighted by Gasteiger charge is 2.23. The summed E-state index contributed by atoms with van der Waals surface area (Å²) >= 11 is 0. The molecule has 0 radical (unpaired) electrons. The zero-order valence-corrected chi connectivity index (χ0v) is 13.1. The van der Waals surface area contributed by atoms with Crippen molar-refractivity contribution in [3.05, 3.63) is 42.5 Å². The van der Waals surface area contributed by atoms with Gasteiger partial charge >= 0.3 is 0 Å². The van der Waals surface area contributed by atoms with Crippen molar-refractivity contribution in [2.45, 2.75) is 38.7 Å². The van der Waals surface area contributed by atoms with Crippen LogP contribution in [-0.4, -0.2) is 30.0 Å². The summed E-state index contributed by atoms with van der Waals surface area (Å²) < 4.78 is 5.99. The first-order chi connectivity index (χ1) is 10.8. The van der Waals surface area contributed by atoms with E-state index in [9.17, 15) is 4.79 Å². The molecule has 1 amide bonds. The first-order valence-electron chi connectivity index (χ1n) is 8.19. The van der Waals surface area contributed by atoms with E-state index in [1.165, 1.54) is 12.8 Å². The van der Waals surface area contributed by atoms with Crippen LogP contribution >= 0.6 is 0 Å². The van der Waals surface area contributed by atoms with Gasteiger partial charge < -0.3 is 9.64 Å². The van der Waals surface area contributed by atoms with Gasteiger partial charge in [0.1, 0.15) is 5.75 Å². The van der Waals surface area contributed by atoms with Crippen LogP contribution in [0.2, 0.25) is 0 Å². The molecule has 0 saturated carbocycles. The number of rotatable bonds is 3.